The summed E-state index contributed by atoms with van der Waals surface area (Å²) in [6.45, 7) is 1.88. The molecule has 0 spiro atoms. The van der Waals surface area contributed by atoms with Crippen LogP contribution in [0.1, 0.15) is 25.3 Å². The molecule has 1 unspecified atom stereocenters. The largest absolute Gasteiger partial charge is 0.508 e. The third-order valence-electron chi connectivity index (χ3n) is 3.47. The molecule has 2 rings (SSSR count). The van der Waals surface area contributed by atoms with Gasteiger partial charge in [0.05, 0.1) is 7.11 Å². The molecule has 88 valence electrons. The molecule has 1 saturated carbocycles. The minimum atomic E-state index is -0.456. The molecular weight excluding hydrogens is 209 g/mol. The Bertz CT molecular complexity index is 414. The van der Waals surface area contributed by atoms with Gasteiger partial charge in [0.2, 0.25) is 0 Å². The number of phenolic OH excluding ortho intramolecular Hbond substituents is 1. The Kier molecular flexibility index (Phi) is 2.54. The second kappa shape index (κ2) is 3.63. The van der Waals surface area contributed by atoms with E-state index in [1.54, 1.807) is 0 Å². The van der Waals surface area contributed by atoms with Crippen LogP contribution in [0.15, 0.2) is 12.1 Å². The Hall–Kier alpha value is -1.29. The second-order valence-corrected chi connectivity index (χ2v) is 4.45. The Morgan fingerprint density at radius 3 is 2.56 bits per heavy atom. The molecule has 3 N–H and O–H groups in total. The van der Waals surface area contributed by atoms with Gasteiger partial charge in [-0.25, -0.2) is 4.39 Å². The molecule has 1 aliphatic carbocycles. The van der Waals surface area contributed by atoms with E-state index in [0.717, 1.165) is 12.8 Å². The van der Waals surface area contributed by atoms with E-state index in [1.807, 2.05) is 6.92 Å². The Balaban J connectivity index is 2.47. The van der Waals surface area contributed by atoms with Crippen molar-refractivity contribution in [2.75, 3.05) is 7.11 Å². The van der Waals surface area contributed by atoms with Crippen LogP contribution in [0, 0.1) is 5.82 Å². The van der Waals surface area contributed by atoms with Crippen molar-refractivity contribution in [3.63, 3.8) is 0 Å². The second-order valence-electron chi connectivity index (χ2n) is 4.45. The minimum absolute atomic E-state index is 0.0572. The van der Waals surface area contributed by atoms with Gasteiger partial charge in [-0.2, -0.15) is 0 Å². The van der Waals surface area contributed by atoms with Gasteiger partial charge in [-0.3, -0.25) is 0 Å². The zero-order chi connectivity index (χ0) is 11.9. The van der Waals surface area contributed by atoms with Gasteiger partial charge in [-0.05, 0) is 25.8 Å². The van der Waals surface area contributed by atoms with E-state index >= 15 is 0 Å². The van der Waals surface area contributed by atoms with Crippen molar-refractivity contribution in [2.45, 2.75) is 31.2 Å². The first kappa shape index (κ1) is 11.2. The van der Waals surface area contributed by atoms with Crippen LogP contribution in [0.4, 0.5) is 4.39 Å². The molecule has 0 heterocycles. The molecule has 1 aromatic carbocycles. The highest BCUT2D eigenvalue weighted by Gasteiger charge is 2.49. The van der Waals surface area contributed by atoms with E-state index in [0.29, 0.717) is 5.56 Å². The fraction of sp³-hybridized carbons (Fsp3) is 0.500. The first-order valence-corrected chi connectivity index (χ1v) is 5.34. The third-order valence-corrected chi connectivity index (χ3v) is 3.47. The van der Waals surface area contributed by atoms with Gasteiger partial charge in [0.25, 0.3) is 0 Å². The Morgan fingerprint density at radius 2 is 2.12 bits per heavy atom. The van der Waals surface area contributed by atoms with Crippen LogP contribution in [-0.4, -0.2) is 18.3 Å². The van der Waals surface area contributed by atoms with Crippen molar-refractivity contribution < 1.29 is 14.2 Å². The van der Waals surface area contributed by atoms with Crippen molar-refractivity contribution in [3.8, 4) is 11.5 Å². The average Bonchev–Trinajstić information content (AvgIpc) is 3.01. The Morgan fingerprint density at radius 1 is 1.50 bits per heavy atom. The number of nitrogens with two attached hydrogens (primary N) is 1. The lowest BCUT2D eigenvalue weighted by Gasteiger charge is -2.21. The summed E-state index contributed by atoms with van der Waals surface area (Å²) in [4.78, 5) is 0. The highest BCUT2D eigenvalue weighted by atomic mass is 19.1. The normalized spacial score (nSPS) is 19.2. The van der Waals surface area contributed by atoms with Crippen LogP contribution >= 0.6 is 0 Å². The van der Waals surface area contributed by atoms with E-state index in [4.69, 9.17) is 10.5 Å². The molecule has 0 bridgehead atoms. The van der Waals surface area contributed by atoms with Crippen LogP contribution in [0.3, 0.4) is 0 Å². The predicted molar refractivity (Wildman–Crippen MR) is 59.2 cm³/mol. The number of aromatic hydroxyl groups is 1. The molecule has 0 aliphatic heterocycles. The topological polar surface area (TPSA) is 55.5 Å². The monoisotopic (exact) mass is 225 g/mol. The predicted octanol–water partition coefficient (Wildman–Crippen LogP) is 1.92. The molecule has 1 aliphatic rings. The molecule has 0 radical (unpaired) electrons. The van der Waals surface area contributed by atoms with Crippen LogP contribution in [-0.2, 0) is 5.41 Å². The molecule has 0 amide bonds. The van der Waals surface area contributed by atoms with Gasteiger partial charge in [0.1, 0.15) is 5.75 Å². The summed E-state index contributed by atoms with van der Waals surface area (Å²) >= 11 is 0. The number of methoxy groups -OCH3 is 1. The average molecular weight is 225 g/mol. The van der Waals surface area contributed by atoms with Crippen molar-refractivity contribution in [2.24, 2.45) is 5.73 Å². The van der Waals surface area contributed by atoms with Gasteiger partial charge >= 0.3 is 0 Å². The van der Waals surface area contributed by atoms with E-state index in [2.05, 4.69) is 0 Å². The van der Waals surface area contributed by atoms with E-state index in [1.165, 1.54) is 19.2 Å². The van der Waals surface area contributed by atoms with Crippen LogP contribution in [0.5, 0.6) is 11.5 Å². The summed E-state index contributed by atoms with van der Waals surface area (Å²) in [5, 5.41) is 9.87. The zero-order valence-corrected chi connectivity index (χ0v) is 9.46. The summed E-state index contributed by atoms with van der Waals surface area (Å²) in [5.41, 5.74) is 6.23. The number of rotatable bonds is 3. The highest BCUT2D eigenvalue weighted by Crippen LogP contribution is 2.53. The SMILES string of the molecule is COc1cc(O)c(C2(C(C)N)CC2)cc1F. The maximum absolute atomic E-state index is 13.6. The fourth-order valence-corrected chi connectivity index (χ4v) is 2.20. The highest BCUT2D eigenvalue weighted by molar-refractivity contribution is 5.48. The lowest BCUT2D eigenvalue weighted by atomic mass is 9.88. The van der Waals surface area contributed by atoms with Gasteiger partial charge in [0.15, 0.2) is 11.6 Å². The zero-order valence-electron chi connectivity index (χ0n) is 9.46. The van der Waals surface area contributed by atoms with Crippen molar-refractivity contribution in [3.05, 3.63) is 23.5 Å². The first-order chi connectivity index (χ1) is 7.51. The number of hydrogen-bond donors (Lipinski definition) is 2. The molecule has 4 heteroatoms. The fourth-order valence-electron chi connectivity index (χ4n) is 2.20. The quantitative estimate of drug-likeness (QED) is 0.826. The molecule has 1 fully saturated rings. The first-order valence-electron chi connectivity index (χ1n) is 5.34. The maximum atomic E-state index is 13.6. The van der Waals surface area contributed by atoms with Crippen molar-refractivity contribution >= 4 is 0 Å². The van der Waals surface area contributed by atoms with Crippen LogP contribution in [0.25, 0.3) is 0 Å². The van der Waals surface area contributed by atoms with Crippen molar-refractivity contribution in [1.82, 2.24) is 0 Å². The minimum Gasteiger partial charge on any atom is -0.508 e. The standard InChI is InChI=1S/C12H16FNO2/c1-7(14)12(3-4-12)8-5-9(13)11(16-2)6-10(8)15/h5-7,15H,3-4,14H2,1-2H3. The summed E-state index contributed by atoms with van der Waals surface area (Å²) < 4.78 is 18.4. The molecule has 1 atom stereocenters. The van der Waals surface area contributed by atoms with Crippen LogP contribution in [0.2, 0.25) is 0 Å². The number of hydrogen-bond acceptors (Lipinski definition) is 3. The number of benzene rings is 1. The number of halogens is 1. The van der Waals surface area contributed by atoms with E-state index in [-0.39, 0.29) is 23.0 Å². The smallest absolute Gasteiger partial charge is 0.165 e. The number of ether oxygens (including phenoxy) is 1. The van der Waals surface area contributed by atoms with E-state index in [9.17, 15) is 9.50 Å². The van der Waals surface area contributed by atoms with Gasteiger partial charge in [-0.1, -0.05) is 0 Å². The van der Waals surface area contributed by atoms with Gasteiger partial charge in [-0.15, -0.1) is 0 Å². The van der Waals surface area contributed by atoms with Crippen LogP contribution < -0.4 is 10.5 Å². The van der Waals surface area contributed by atoms with Gasteiger partial charge in [0, 0.05) is 23.1 Å². The Labute approximate surface area is 94.0 Å². The lowest BCUT2D eigenvalue weighted by molar-refractivity contribution is 0.376. The summed E-state index contributed by atoms with van der Waals surface area (Å²) in [7, 11) is 1.37. The maximum Gasteiger partial charge on any atom is 0.165 e. The molecule has 16 heavy (non-hydrogen) atoms. The summed E-state index contributed by atoms with van der Waals surface area (Å²) in [6, 6.07) is 2.56. The molecule has 3 nitrogen and oxygen atoms in total. The van der Waals surface area contributed by atoms with E-state index < -0.39 is 5.82 Å². The van der Waals surface area contributed by atoms with Gasteiger partial charge < -0.3 is 15.6 Å². The summed E-state index contributed by atoms with van der Waals surface area (Å²) in [5.74, 6) is -0.336. The van der Waals surface area contributed by atoms with Crippen molar-refractivity contribution in [1.29, 1.82) is 0 Å². The molecule has 1 aromatic rings. The number of phenols is 1. The third kappa shape index (κ3) is 1.53. The molecule has 0 aromatic heterocycles. The lowest BCUT2D eigenvalue weighted by Crippen LogP contribution is -2.31. The molecular formula is C12H16FNO2. The summed E-state index contributed by atoms with van der Waals surface area (Å²) in [6.07, 6.45) is 1.79. The molecule has 0 saturated heterocycles.